The molecule has 2 aliphatic carbocycles. The quantitative estimate of drug-likeness (QED) is 0.195. The molecule has 0 bridgehead atoms. The topological polar surface area (TPSA) is 8.17 Å². The van der Waals surface area contributed by atoms with Crippen LogP contribution in [0, 0.1) is 0 Å². The smallest absolute Gasteiger partial charge is 0.0631 e. The first-order valence-electron chi connectivity index (χ1n) is 16.7. The number of rotatable bonds is 3. The Hall–Kier alpha value is -5.60. The van der Waals surface area contributed by atoms with Gasteiger partial charge in [-0.3, -0.25) is 0 Å². The summed E-state index contributed by atoms with van der Waals surface area (Å²) in [4.78, 5) is 2.51. The summed E-state index contributed by atoms with van der Waals surface area (Å²) in [6.45, 7) is 4.75. The van der Waals surface area contributed by atoms with Gasteiger partial charge in [0.05, 0.1) is 17.1 Å². The van der Waals surface area contributed by atoms with Gasteiger partial charge in [0.2, 0.25) is 0 Å². The summed E-state index contributed by atoms with van der Waals surface area (Å²) < 4.78 is 2.54. The second kappa shape index (κ2) is 9.70. The summed E-state index contributed by atoms with van der Waals surface area (Å²) in [5.74, 6) is 0.242. The molecule has 2 heterocycles. The Morgan fingerprint density at radius 1 is 0.574 bits per heavy atom. The van der Waals surface area contributed by atoms with Crippen molar-refractivity contribution in [2.24, 2.45) is 0 Å². The van der Waals surface area contributed by atoms with Gasteiger partial charge in [0.25, 0.3) is 0 Å². The van der Waals surface area contributed by atoms with Crippen molar-refractivity contribution >= 4 is 38.9 Å². The number of hydrogen-bond acceptors (Lipinski definition) is 1. The molecule has 0 fully saturated rings. The molecule has 0 radical (unpaired) electrons. The van der Waals surface area contributed by atoms with Crippen LogP contribution in [0.2, 0.25) is 0 Å². The Kier molecular flexibility index (Phi) is 5.49. The molecular formula is C45H34N2. The van der Waals surface area contributed by atoms with Gasteiger partial charge in [0, 0.05) is 39.2 Å². The lowest BCUT2D eigenvalue weighted by atomic mass is 9.82. The average molecular weight is 603 g/mol. The van der Waals surface area contributed by atoms with E-state index in [1.165, 1.54) is 77.8 Å². The molecule has 0 saturated heterocycles. The Labute approximate surface area is 275 Å². The van der Waals surface area contributed by atoms with Gasteiger partial charge in [-0.2, -0.15) is 0 Å². The summed E-state index contributed by atoms with van der Waals surface area (Å²) in [6, 6.07) is 51.7. The van der Waals surface area contributed by atoms with Crippen LogP contribution >= 0.6 is 0 Å². The molecule has 6 aromatic carbocycles. The average Bonchev–Trinajstić information content (AvgIpc) is 3.70. The maximum atomic E-state index is 2.54. The van der Waals surface area contributed by atoms with Gasteiger partial charge in [-0.25, -0.2) is 0 Å². The van der Waals surface area contributed by atoms with Gasteiger partial charge < -0.3 is 9.47 Å². The molecule has 2 nitrogen and oxygen atoms in total. The number of fused-ring (bicyclic) bond motifs is 9. The third-order valence-corrected chi connectivity index (χ3v) is 10.9. The van der Waals surface area contributed by atoms with E-state index < -0.39 is 0 Å². The lowest BCUT2D eigenvalue weighted by Crippen LogP contribution is -2.29. The molecule has 2 atom stereocenters. The van der Waals surface area contributed by atoms with Gasteiger partial charge in [-0.1, -0.05) is 129 Å². The van der Waals surface area contributed by atoms with Crippen LogP contribution in [0.15, 0.2) is 158 Å². The summed E-state index contributed by atoms with van der Waals surface area (Å²) in [6.07, 6.45) is 7.32. The molecule has 1 aliphatic heterocycles. The molecule has 0 amide bonds. The second-order valence-electron chi connectivity index (χ2n) is 13.8. The summed E-state index contributed by atoms with van der Waals surface area (Å²) in [5, 5.41) is 2.60. The minimum absolute atomic E-state index is 0.0704. The molecule has 10 rings (SSSR count). The molecule has 2 unspecified atom stereocenters. The fraction of sp³-hybridized carbons (Fsp3) is 0.111. The number of hydrogen-bond donors (Lipinski definition) is 0. The lowest BCUT2D eigenvalue weighted by molar-refractivity contribution is 0.661. The van der Waals surface area contributed by atoms with Crippen molar-refractivity contribution in [3.8, 4) is 22.3 Å². The number of nitrogens with zero attached hydrogens (tertiary/aromatic N) is 2. The van der Waals surface area contributed by atoms with Gasteiger partial charge in [0.1, 0.15) is 0 Å². The van der Waals surface area contributed by atoms with Crippen molar-refractivity contribution in [1.29, 1.82) is 0 Å². The highest BCUT2D eigenvalue weighted by atomic mass is 15.2. The molecule has 1 aromatic heterocycles. The van der Waals surface area contributed by atoms with E-state index in [1.807, 2.05) is 0 Å². The van der Waals surface area contributed by atoms with Gasteiger partial charge in [-0.15, -0.1) is 0 Å². The van der Waals surface area contributed by atoms with Crippen LogP contribution in [-0.2, 0) is 5.41 Å². The summed E-state index contributed by atoms with van der Waals surface area (Å²) in [5.41, 5.74) is 15.6. The number of anilines is 2. The van der Waals surface area contributed by atoms with Crippen LogP contribution in [0.3, 0.4) is 0 Å². The highest BCUT2D eigenvalue weighted by Crippen LogP contribution is 2.52. The van der Waals surface area contributed by atoms with E-state index >= 15 is 0 Å². The van der Waals surface area contributed by atoms with Crippen LogP contribution in [0.4, 0.5) is 11.4 Å². The molecule has 0 N–H and O–H groups in total. The van der Waals surface area contributed by atoms with E-state index in [1.54, 1.807) is 0 Å². The van der Waals surface area contributed by atoms with Crippen LogP contribution < -0.4 is 4.90 Å². The molecular weight excluding hydrogens is 569 g/mol. The van der Waals surface area contributed by atoms with Crippen LogP contribution in [0.5, 0.6) is 0 Å². The zero-order valence-corrected chi connectivity index (χ0v) is 26.6. The highest BCUT2D eigenvalue weighted by molar-refractivity contribution is 6.13. The fourth-order valence-electron chi connectivity index (χ4n) is 8.67. The number of allylic oxidation sites excluding steroid dienone is 2. The lowest BCUT2D eigenvalue weighted by Gasteiger charge is -2.30. The van der Waals surface area contributed by atoms with Crippen molar-refractivity contribution in [3.05, 3.63) is 174 Å². The largest absolute Gasteiger partial charge is 0.333 e. The van der Waals surface area contributed by atoms with E-state index in [4.69, 9.17) is 0 Å². The zero-order valence-electron chi connectivity index (χ0n) is 26.6. The predicted octanol–water partition coefficient (Wildman–Crippen LogP) is 11.5. The third-order valence-electron chi connectivity index (χ3n) is 10.9. The molecule has 7 aromatic rings. The zero-order chi connectivity index (χ0) is 31.3. The minimum atomic E-state index is -0.0704. The number of aromatic nitrogens is 1. The molecule has 47 heavy (non-hydrogen) atoms. The van der Waals surface area contributed by atoms with Crippen molar-refractivity contribution < 1.29 is 0 Å². The maximum absolute atomic E-state index is 2.54. The minimum Gasteiger partial charge on any atom is -0.333 e. The van der Waals surface area contributed by atoms with Crippen LogP contribution in [0.25, 0.3) is 49.8 Å². The van der Waals surface area contributed by atoms with Crippen molar-refractivity contribution in [2.45, 2.75) is 31.2 Å². The fourth-order valence-corrected chi connectivity index (χ4v) is 8.67. The Balaban J connectivity index is 1.22. The molecule has 224 valence electrons. The van der Waals surface area contributed by atoms with Gasteiger partial charge in [0.15, 0.2) is 0 Å². The first-order valence-corrected chi connectivity index (χ1v) is 16.7. The van der Waals surface area contributed by atoms with E-state index in [-0.39, 0.29) is 17.4 Å². The Bertz CT molecular complexity index is 2440. The normalized spacial score (nSPS) is 18.6. The highest BCUT2D eigenvalue weighted by Gasteiger charge is 2.39. The number of para-hydroxylation sites is 2. The van der Waals surface area contributed by atoms with Gasteiger partial charge in [-0.05, 0) is 81.4 Å². The Morgan fingerprint density at radius 2 is 1.30 bits per heavy atom. The predicted molar refractivity (Wildman–Crippen MR) is 197 cm³/mol. The van der Waals surface area contributed by atoms with Crippen LogP contribution in [0.1, 0.15) is 36.5 Å². The second-order valence-corrected chi connectivity index (χ2v) is 13.8. The first kappa shape index (κ1) is 26.6. The van der Waals surface area contributed by atoms with Crippen molar-refractivity contribution in [3.63, 3.8) is 0 Å². The SMILES string of the molecule is CC1(C)c2ccccc2-c2cc3c4ccc(-c5ccccc5)cc4n(C4=CC5c6ccccc6N(c6ccccc6)C5C=C4)c3cc21. The standard InChI is InChI=1S/C45H34N2/c1-45(2)39-19-11-9-17-33(39)36-27-38-35-23-21-30(29-13-5-3-6-14-29)25-43(35)47(44(38)28-40(36)45)32-22-24-42-37(26-32)34-18-10-12-20-41(34)46(42)31-15-7-4-8-16-31/h3-28,37,42H,1-2H3. The Morgan fingerprint density at radius 3 is 2.15 bits per heavy atom. The van der Waals surface area contributed by atoms with E-state index in [9.17, 15) is 0 Å². The van der Waals surface area contributed by atoms with Gasteiger partial charge >= 0.3 is 0 Å². The van der Waals surface area contributed by atoms with E-state index in [0.29, 0.717) is 0 Å². The summed E-state index contributed by atoms with van der Waals surface area (Å²) in [7, 11) is 0. The van der Waals surface area contributed by atoms with E-state index in [2.05, 4.69) is 181 Å². The van der Waals surface area contributed by atoms with Crippen LogP contribution in [-0.4, -0.2) is 10.6 Å². The van der Waals surface area contributed by atoms with E-state index in [0.717, 1.165) is 0 Å². The molecule has 0 saturated carbocycles. The van der Waals surface area contributed by atoms with Crippen molar-refractivity contribution in [1.82, 2.24) is 4.57 Å². The number of benzene rings is 6. The third kappa shape index (κ3) is 3.73. The monoisotopic (exact) mass is 602 g/mol. The van der Waals surface area contributed by atoms with Crippen molar-refractivity contribution in [2.75, 3.05) is 4.90 Å². The molecule has 0 spiro atoms. The molecule has 2 heteroatoms. The molecule has 3 aliphatic rings. The summed E-state index contributed by atoms with van der Waals surface area (Å²) >= 11 is 0. The maximum Gasteiger partial charge on any atom is 0.0631 e. The first-order chi connectivity index (χ1) is 23.1.